The van der Waals surface area contributed by atoms with E-state index < -0.39 is 23.5 Å². The van der Waals surface area contributed by atoms with Crippen LogP contribution in [0.15, 0.2) is 36.4 Å². The number of likely N-dealkylation sites (tertiary alicyclic amines) is 1. The Labute approximate surface area is 172 Å². The highest BCUT2D eigenvalue weighted by Gasteiger charge is 2.35. The van der Waals surface area contributed by atoms with Crippen molar-refractivity contribution in [1.82, 2.24) is 4.90 Å². The van der Waals surface area contributed by atoms with Gasteiger partial charge in [0, 0.05) is 10.6 Å². The molecule has 1 amide bonds. The molecule has 1 fully saturated rings. The molecule has 1 aliphatic heterocycles. The van der Waals surface area contributed by atoms with Crippen LogP contribution < -0.4 is 4.74 Å². The molecule has 1 N–H and O–H groups in total. The van der Waals surface area contributed by atoms with E-state index >= 15 is 0 Å². The van der Waals surface area contributed by atoms with E-state index in [2.05, 4.69) is 0 Å². The molecule has 0 atom stereocenters. The molecule has 0 saturated carbocycles. The maximum atomic E-state index is 13.6. The van der Waals surface area contributed by atoms with Gasteiger partial charge in [0.25, 0.3) is 0 Å². The van der Waals surface area contributed by atoms with Gasteiger partial charge >= 0.3 is 12.1 Å². The van der Waals surface area contributed by atoms with Gasteiger partial charge in [-0.15, -0.1) is 0 Å². The molecule has 2 aromatic rings. The first kappa shape index (κ1) is 20.9. The van der Waals surface area contributed by atoms with Crippen LogP contribution in [0.2, 0.25) is 5.02 Å². The molecule has 1 aliphatic rings. The second-order valence-corrected chi connectivity index (χ2v) is 8.21. The minimum Gasteiger partial charge on any atom is -0.487 e. The van der Waals surface area contributed by atoms with Crippen LogP contribution >= 0.6 is 11.6 Å². The first-order valence-corrected chi connectivity index (χ1v) is 9.38. The number of nitrogens with zero attached hydrogens (tertiary/aromatic N) is 1. The first-order chi connectivity index (χ1) is 13.5. The minimum absolute atomic E-state index is 0.0128. The number of benzene rings is 2. The van der Waals surface area contributed by atoms with Crippen LogP contribution in [-0.4, -0.2) is 46.9 Å². The molecular formula is C21H21ClFNO5. The normalized spacial score (nSPS) is 14.3. The van der Waals surface area contributed by atoms with E-state index in [9.17, 15) is 19.1 Å². The Hall–Kier alpha value is -2.80. The summed E-state index contributed by atoms with van der Waals surface area (Å²) < 4.78 is 24.8. The lowest BCUT2D eigenvalue weighted by atomic mass is 10.0. The lowest BCUT2D eigenvalue weighted by molar-refractivity contribution is -0.0221. The van der Waals surface area contributed by atoms with Crippen molar-refractivity contribution >= 4 is 23.7 Å². The number of ether oxygens (including phenoxy) is 2. The molecule has 0 radical (unpaired) electrons. The fraction of sp³-hybridized carbons (Fsp3) is 0.333. The van der Waals surface area contributed by atoms with Crippen molar-refractivity contribution in [2.24, 2.45) is 0 Å². The van der Waals surface area contributed by atoms with Gasteiger partial charge < -0.3 is 19.5 Å². The summed E-state index contributed by atoms with van der Waals surface area (Å²) in [5, 5.41) is 9.69. The number of carbonyl (C=O) groups is 2. The Morgan fingerprint density at radius 1 is 1.17 bits per heavy atom. The second kappa shape index (κ2) is 7.91. The van der Waals surface area contributed by atoms with Gasteiger partial charge in [-0.2, -0.15) is 0 Å². The third-order valence-electron chi connectivity index (χ3n) is 4.20. The van der Waals surface area contributed by atoms with Crippen LogP contribution in [0.1, 0.15) is 31.1 Å². The van der Waals surface area contributed by atoms with Crippen molar-refractivity contribution in [3.8, 4) is 16.9 Å². The third-order valence-corrected chi connectivity index (χ3v) is 4.52. The smallest absolute Gasteiger partial charge is 0.410 e. The predicted molar refractivity (Wildman–Crippen MR) is 106 cm³/mol. The Balaban J connectivity index is 1.77. The molecule has 1 saturated heterocycles. The van der Waals surface area contributed by atoms with Crippen LogP contribution in [0.25, 0.3) is 11.1 Å². The van der Waals surface area contributed by atoms with Gasteiger partial charge in [0.1, 0.15) is 23.3 Å². The van der Waals surface area contributed by atoms with Gasteiger partial charge in [-0.25, -0.2) is 14.0 Å². The van der Waals surface area contributed by atoms with Crippen LogP contribution in [0.5, 0.6) is 5.75 Å². The highest BCUT2D eigenvalue weighted by atomic mass is 35.5. The molecule has 0 unspecified atom stereocenters. The summed E-state index contributed by atoms with van der Waals surface area (Å²) in [5.41, 5.74) is 0.190. The van der Waals surface area contributed by atoms with Crippen molar-refractivity contribution in [2.45, 2.75) is 32.5 Å². The van der Waals surface area contributed by atoms with Gasteiger partial charge in [0.05, 0.1) is 18.7 Å². The van der Waals surface area contributed by atoms with Gasteiger partial charge in [-0.3, -0.25) is 0 Å². The van der Waals surface area contributed by atoms with Crippen LogP contribution in [0.3, 0.4) is 0 Å². The number of amides is 1. The standard InChI is InChI=1S/C21H21ClFNO5/c1-21(2,3)29-20(27)24-10-16(11-24)28-15-7-12(6-13(8-15)19(25)26)17-9-14(23)4-5-18(17)22/h4-9,16H,10-11H2,1-3H3,(H,25,26). The average molecular weight is 422 g/mol. The zero-order chi connectivity index (χ0) is 21.3. The van der Waals surface area contributed by atoms with Gasteiger partial charge in [0.15, 0.2) is 0 Å². The third kappa shape index (κ3) is 5.17. The van der Waals surface area contributed by atoms with Crippen molar-refractivity contribution in [3.63, 3.8) is 0 Å². The molecule has 3 rings (SSSR count). The summed E-state index contributed by atoms with van der Waals surface area (Å²) in [6.45, 7) is 6.00. The predicted octanol–water partition coefficient (Wildman–Crippen LogP) is 4.84. The van der Waals surface area contributed by atoms with E-state index in [4.69, 9.17) is 21.1 Å². The minimum atomic E-state index is -1.15. The SMILES string of the molecule is CC(C)(C)OC(=O)N1CC(Oc2cc(C(=O)O)cc(-c3cc(F)ccc3Cl)c2)C1. The fourth-order valence-electron chi connectivity index (χ4n) is 2.85. The number of aromatic carboxylic acids is 1. The van der Waals surface area contributed by atoms with Crippen molar-refractivity contribution < 1.29 is 28.6 Å². The molecule has 0 spiro atoms. The highest BCUT2D eigenvalue weighted by Crippen LogP contribution is 2.33. The first-order valence-electron chi connectivity index (χ1n) is 9.00. The molecule has 8 heteroatoms. The number of carboxylic acids is 1. The van der Waals surface area contributed by atoms with E-state index in [1.54, 1.807) is 26.8 Å². The molecule has 0 aliphatic carbocycles. The molecule has 29 heavy (non-hydrogen) atoms. The molecule has 154 valence electrons. The van der Waals surface area contributed by atoms with Crippen LogP contribution in [0.4, 0.5) is 9.18 Å². The maximum absolute atomic E-state index is 13.6. The number of carboxylic acid groups (broad SMARTS) is 1. The molecule has 1 heterocycles. The molecule has 6 nitrogen and oxygen atoms in total. The topological polar surface area (TPSA) is 76.1 Å². The number of rotatable bonds is 4. The quantitative estimate of drug-likeness (QED) is 0.764. The van der Waals surface area contributed by atoms with E-state index in [1.165, 1.54) is 35.2 Å². The Morgan fingerprint density at radius 2 is 1.86 bits per heavy atom. The van der Waals surface area contributed by atoms with E-state index in [-0.39, 0.29) is 11.7 Å². The van der Waals surface area contributed by atoms with Gasteiger partial charge in [0.2, 0.25) is 0 Å². The average Bonchev–Trinajstić information content (AvgIpc) is 2.57. The Morgan fingerprint density at radius 3 is 2.48 bits per heavy atom. The van der Waals surface area contributed by atoms with E-state index in [0.29, 0.717) is 35.0 Å². The number of carbonyl (C=O) groups excluding carboxylic acids is 1. The van der Waals surface area contributed by atoms with Gasteiger partial charge in [-0.1, -0.05) is 11.6 Å². The summed E-state index contributed by atoms with van der Waals surface area (Å²) in [7, 11) is 0. The number of hydrogen-bond acceptors (Lipinski definition) is 4. The largest absolute Gasteiger partial charge is 0.487 e. The second-order valence-electron chi connectivity index (χ2n) is 7.80. The zero-order valence-electron chi connectivity index (χ0n) is 16.2. The van der Waals surface area contributed by atoms with Crippen LogP contribution in [0, 0.1) is 5.82 Å². The Bertz CT molecular complexity index is 951. The monoisotopic (exact) mass is 421 g/mol. The molecule has 0 bridgehead atoms. The number of halogens is 2. The molecule has 2 aromatic carbocycles. The fourth-order valence-corrected chi connectivity index (χ4v) is 3.07. The Kier molecular flexibility index (Phi) is 5.71. The van der Waals surface area contributed by atoms with Crippen molar-refractivity contribution in [2.75, 3.05) is 13.1 Å². The molecule has 0 aromatic heterocycles. The number of hydrogen-bond donors (Lipinski definition) is 1. The van der Waals surface area contributed by atoms with Crippen LogP contribution in [-0.2, 0) is 4.74 Å². The lowest BCUT2D eigenvalue weighted by Gasteiger charge is -2.39. The van der Waals surface area contributed by atoms with E-state index in [1.807, 2.05) is 0 Å². The van der Waals surface area contributed by atoms with Crippen molar-refractivity contribution in [3.05, 3.63) is 52.8 Å². The van der Waals surface area contributed by atoms with Gasteiger partial charge in [-0.05, 0) is 62.7 Å². The van der Waals surface area contributed by atoms with E-state index in [0.717, 1.165) is 0 Å². The summed E-state index contributed by atoms with van der Waals surface area (Å²) in [6, 6.07) is 8.26. The van der Waals surface area contributed by atoms with Crippen molar-refractivity contribution in [1.29, 1.82) is 0 Å². The lowest BCUT2D eigenvalue weighted by Crippen LogP contribution is -2.57. The summed E-state index contributed by atoms with van der Waals surface area (Å²) in [6.07, 6.45) is -0.730. The summed E-state index contributed by atoms with van der Waals surface area (Å²) in [4.78, 5) is 25.0. The highest BCUT2D eigenvalue weighted by molar-refractivity contribution is 6.33. The molecular weight excluding hydrogens is 401 g/mol. The maximum Gasteiger partial charge on any atom is 0.410 e. The summed E-state index contributed by atoms with van der Waals surface area (Å²) in [5.74, 6) is -1.33. The zero-order valence-corrected chi connectivity index (χ0v) is 17.0. The summed E-state index contributed by atoms with van der Waals surface area (Å²) >= 11 is 6.15.